The van der Waals surface area contributed by atoms with Crippen molar-refractivity contribution < 1.29 is 19.4 Å². The molecule has 18 heavy (non-hydrogen) atoms. The molecule has 2 heterocycles. The van der Waals surface area contributed by atoms with E-state index >= 15 is 0 Å². The van der Waals surface area contributed by atoms with Crippen molar-refractivity contribution in [1.29, 1.82) is 0 Å². The van der Waals surface area contributed by atoms with E-state index < -0.39 is 5.97 Å². The molecule has 2 unspecified atom stereocenters. The lowest BCUT2D eigenvalue weighted by atomic mass is 9.92. The third-order valence-corrected chi connectivity index (χ3v) is 3.88. The molecule has 0 aromatic heterocycles. The fourth-order valence-electron chi connectivity index (χ4n) is 2.82. The molecule has 2 saturated heterocycles. The van der Waals surface area contributed by atoms with Crippen molar-refractivity contribution in [2.24, 2.45) is 11.8 Å². The second-order valence-corrected chi connectivity index (χ2v) is 5.29. The van der Waals surface area contributed by atoms with Crippen LogP contribution in [-0.4, -0.2) is 48.2 Å². The Hall–Kier alpha value is -1.10. The number of amides is 1. The molecular weight excluding hydrogens is 234 g/mol. The topological polar surface area (TPSA) is 66.8 Å². The van der Waals surface area contributed by atoms with Gasteiger partial charge in [0.25, 0.3) is 0 Å². The molecule has 2 aliphatic heterocycles. The van der Waals surface area contributed by atoms with Crippen LogP contribution >= 0.6 is 0 Å². The van der Waals surface area contributed by atoms with E-state index in [-0.39, 0.29) is 18.2 Å². The van der Waals surface area contributed by atoms with Gasteiger partial charge in [-0.1, -0.05) is 0 Å². The number of nitrogens with zero attached hydrogens (tertiary/aromatic N) is 1. The molecule has 1 amide bonds. The van der Waals surface area contributed by atoms with Crippen molar-refractivity contribution in [3.63, 3.8) is 0 Å². The summed E-state index contributed by atoms with van der Waals surface area (Å²) in [5.74, 6) is -0.167. The number of rotatable bonds is 4. The zero-order valence-corrected chi connectivity index (χ0v) is 10.6. The molecule has 1 N–H and O–H groups in total. The molecule has 2 rings (SSSR count). The van der Waals surface area contributed by atoms with Crippen molar-refractivity contribution in [3.8, 4) is 0 Å². The number of carbonyl (C=O) groups excluding carboxylic acids is 1. The number of ether oxygens (including phenoxy) is 1. The Kier molecular flexibility index (Phi) is 4.58. The molecule has 0 aliphatic carbocycles. The van der Waals surface area contributed by atoms with E-state index in [4.69, 9.17) is 9.84 Å². The smallest absolute Gasteiger partial charge is 0.303 e. The normalized spacial score (nSPS) is 28.3. The van der Waals surface area contributed by atoms with Crippen molar-refractivity contribution in [1.82, 2.24) is 4.90 Å². The lowest BCUT2D eigenvalue weighted by molar-refractivity contribution is -0.138. The van der Waals surface area contributed by atoms with Gasteiger partial charge in [-0.15, -0.1) is 0 Å². The summed E-state index contributed by atoms with van der Waals surface area (Å²) >= 11 is 0. The lowest BCUT2D eigenvalue weighted by Gasteiger charge is -2.34. The monoisotopic (exact) mass is 255 g/mol. The number of carboxylic acids is 1. The maximum absolute atomic E-state index is 12.2. The molecule has 5 heteroatoms. The zero-order chi connectivity index (χ0) is 13.0. The number of aliphatic carboxylic acids is 1. The minimum absolute atomic E-state index is 0.0308. The van der Waals surface area contributed by atoms with Crippen molar-refractivity contribution in [3.05, 3.63) is 0 Å². The fourth-order valence-corrected chi connectivity index (χ4v) is 2.82. The minimum atomic E-state index is -0.748. The first-order chi connectivity index (χ1) is 8.66. The van der Waals surface area contributed by atoms with Gasteiger partial charge in [-0.05, 0) is 31.6 Å². The van der Waals surface area contributed by atoms with Crippen LogP contribution in [-0.2, 0) is 14.3 Å². The Labute approximate surface area is 107 Å². The Balaban J connectivity index is 1.81. The van der Waals surface area contributed by atoms with E-state index in [1.54, 1.807) is 0 Å². The summed E-state index contributed by atoms with van der Waals surface area (Å²) in [5.41, 5.74) is 0. The molecule has 2 fully saturated rings. The predicted molar refractivity (Wildman–Crippen MR) is 65.1 cm³/mol. The zero-order valence-electron chi connectivity index (χ0n) is 10.6. The first-order valence-electron chi connectivity index (χ1n) is 6.75. The second kappa shape index (κ2) is 6.18. The maximum atomic E-state index is 12.2. The number of hydrogen-bond donors (Lipinski definition) is 1. The molecule has 0 aromatic carbocycles. The molecule has 2 aliphatic rings. The largest absolute Gasteiger partial charge is 0.481 e. The summed E-state index contributed by atoms with van der Waals surface area (Å²) in [6, 6.07) is 0. The SMILES string of the molecule is O=C(O)CCC1CCCN(C(=O)C2CCOC2)C1. The van der Waals surface area contributed by atoms with Crippen LogP contribution < -0.4 is 0 Å². The third kappa shape index (κ3) is 3.45. The summed E-state index contributed by atoms with van der Waals surface area (Å²) in [5, 5.41) is 8.69. The quantitative estimate of drug-likeness (QED) is 0.817. The van der Waals surface area contributed by atoms with E-state index in [1.165, 1.54) is 0 Å². The molecule has 0 saturated carbocycles. The van der Waals surface area contributed by atoms with Crippen LogP contribution in [0.2, 0.25) is 0 Å². The van der Waals surface area contributed by atoms with Crippen LogP contribution in [0.25, 0.3) is 0 Å². The van der Waals surface area contributed by atoms with Crippen molar-refractivity contribution >= 4 is 11.9 Å². The summed E-state index contributed by atoms with van der Waals surface area (Å²) in [4.78, 5) is 24.7. The highest BCUT2D eigenvalue weighted by molar-refractivity contribution is 5.79. The van der Waals surface area contributed by atoms with Gasteiger partial charge in [-0.3, -0.25) is 9.59 Å². The highest BCUT2D eigenvalue weighted by atomic mass is 16.5. The molecule has 0 bridgehead atoms. The highest BCUT2D eigenvalue weighted by Gasteiger charge is 2.31. The third-order valence-electron chi connectivity index (χ3n) is 3.88. The molecule has 0 aromatic rings. The summed E-state index contributed by atoms with van der Waals surface area (Å²) in [6.45, 7) is 2.78. The first kappa shape index (κ1) is 13.3. The Morgan fingerprint density at radius 3 is 2.83 bits per heavy atom. The maximum Gasteiger partial charge on any atom is 0.303 e. The van der Waals surface area contributed by atoms with E-state index in [2.05, 4.69) is 0 Å². The first-order valence-corrected chi connectivity index (χ1v) is 6.75. The van der Waals surface area contributed by atoms with Gasteiger partial charge in [0.1, 0.15) is 0 Å². The predicted octanol–water partition coefficient (Wildman–Crippen LogP) is 1.13. The van der Waals surface area contributed by atoms with Crippen LogP contribution in [0.5, 0.6) is 0 Å². The number of carboxylic acid groups (broad SMARTS) is 1. The second-order valence-electron chi connectivity index (χ2n) is 5.29. The highest BCUT2D eigenvalue weighted by Crippen LogP contribution is 2.24. The van der Waals surface area contributed by atoms with Gasteiger partial charge < -0.3 is 14.7 Å². The number of likely N-dealkylation sites (tertiary alicyclic amines) is 1. The standard InChI is InChI=1S/C13H21NO4/c15-12(16)4-3-10-2-1-6-14(8-10)13(17)11-5-7-18-9-11/h10-11H,1-9H2,(H,15,16). The molecular formula is C13H21NO4. The van der Waals surface area contributed by atoms with Gasteiger partial charge in [0.05, 0.1) is 12.5 Å². The molecule has 2 atom stereocenters. The van der Waals surface area contributed by atoms with Crippen LogP contribution in [0.1, 0.15) is 32.1 Å². The van der Waals surface area contributed by atoms with Gasteiger partial charge in [0.15, 0.2) is 0 Å². The van der Waals surface area contributed by atoms with E-state index in [9.17, 15) is 9.59 Å². The Morgan fingerprint density at radius 1 is 1.33 bits per heavy atom. The summed E-state index contributed by atoms with van der Waals surface area (Å²) in [6.07, 6.45) is 3.75. The van der Waals surface area contributed by atoms with E-state index in [0.29, 0.717) is 25.6 Å². The van der Waals surface area contributed by atoms with Crippen molar-refractivity contribution in [2.75, 3.05) is 26.3 Å². The van der Waals surface area contributed by atoms with Crippen LogP contribution in [0, 0.1) is 11.8 Å². The van der Waals surface area contributed by atoms with E-state index in [0.717, 1.165) is 32.4 Å². The molecule has 0 radical (unpaired) electrons. The van der Waals surface area contributed by atoms with Crippen molar-refractivity contribution in [2.45, 2.75) is 32.1 Å². The Morgan fingerprint density at radius 2 is 2.17 bits per heavy atom. The van der Waals surface area contributed by atoms with Gasteiger partial charge in [0, 0.05) is 26.1 Å². The van der Waals surface area contributed by atoms with Gasteiger partial charge in [-0.25, -0.2) is 0 Å². The number of carbonyl (C=O) groups is 2. The van der Waals surface area contributed by atoms with Gasteiger partial charge >= 0.3 is 5.97 Å². The molecule has 102 valence electrons. The Bertz CT molecular complexity index is 312. The lowest BCUT2D eigenvalue weighted by Crippen LogP contribution is -2.43. The number of piperidine rings is 1. The average molecular weight is 255 g/mol. The minimum Gasteiger partial charge on any atom is -0.481 e. The van der Waals surface area contributed by atoms with Crippen LogP contribution in [0.3, 0.4) is 0 Å². The number of hydrogen-bond acceptors (Lipinski definition) is 3. The van der Waals surface area contributed by atoms with Crippen LogP contribution in [0.15, 0.2) is 0 Å². The van der Waals surface area contributed by atoms with Gasteiger partial charge in [0.2, 0.25) is 5.91 Å². The van der Waals surface area contributed by atoms with E-state index in [1.807, 2.05) is 4.90 Å². The molecule has 5 nitrogen and oxygen atoms in total. The summed E-state index contributed by atoms with van der Waals surface area (Å²) < 4.78 is 5.25. The van der Waals surface area contributed by atoms with Gasteiger partial charge in [-0.2, -0.15) is 0 Å². The fraction of sp³-hybridized carbons (Fsp3) is 0.846. The summed E-state index contributed by atoms with van der Waals surface area (Å²) in [7, 11) is 0. The molecule has 0 spiro atoms. The van der Waals surface area contributed by atoms with Crippen LogP contribution in [0.4, 0.5) is 0 Å². The average Bonchev–Trinajstić information content (AvgIpc) is 2.89.